The second-order valence-electron chi connectivity index (χ2n) is 4.28. The van der Waals surface area contributed by atoms with Crippen molar-refractivity contribution in [3.63, 3.8) is 0 Å². The van der Waals surface area contributed by atoms with Gasteiger partial charge in [0, 0.05) is 6.04 Å². The first-order chi connectivity index (χ1) is 7.28. The van der Waals surface area contributed by atoms with Gasteiger partial charge in [0.25, 0.3) is 0 Å². The lowest BCUT2D eigenvalue weighted by atomic mass is 10.1. The van der Waals surface area contributed by atoms with Crippen molar-refractivity contribution in [2.24, 2.45) is 5.92 Å². The molecule has 1 aliphatic carbocycles. The van der Waals surface area contributed by atoms with E-state index in [0.717, 1.165) is 11.7 Å². The van der Waals surface area contributed by atoms with Crippen molar-refractivity contribution in [2.75, 3.05) is 5.32 Å². The summed E-state index contributed by atoms with van der Waals surface area (Å²) in [5.74, 6) is 1.63. The van der Waals surface area contributed by atoms with Crippen LogP contribution in [0, 0.1) is 17.2 Å². The van der Waals surface area contributed by atoms with Gasteiger partial charge < -0.3 is 5.32 Å². The van der Waals surface area contributed by atoms with Gasteiger partial charge in [-0.05, 0) is 37.3 Å². The molecule has 78 valence electrons. The zero-order valence-corrected chi connectivity index (χ0v) is 8.90. The van der Waals surface area contributed by atoms with E-state index in [-0.39, 0.29) is 0 Å². The molecule has 0 bridgehead atoms. The monoisotopic (exact) mass is 201 g/mol. The van der Waals surface area contributed by atoms with E-state index < -0.39 is 0 Å². The molecule has 1 aliphatic rings. The van der Waals surface area contributed by atoms with Crippen molar-refractivity contribution in [2.45, 2.75) is 32.2 Å². The molecule has 0 saturated heterocycles. The molecule has 0 aliphatic heterocycles. The summed E-state index contributed by atoms with van der Waals surface area (Å²) < 4.78 is 0. The van der Waals surface area contributed by atoms with E-state index in [2.05, 4.69) is 17.2 Å². The summed E-state index contributed by atoms with van der Waals surface area (Å²) in [7, 11) is 0. The van der Waals surface area contributed by atoms with Gasteiger partial charge in [0.05, 0.1) is 0 Å². The summed E-state index contributed by atoms with van der Waals surface area (Å²) in [6, 6.07) is 8.09. The minimum absolute atomic E-state index is 0.478. The van der Waals surface area contributed by atoms with Crippen molar-refractivity contribution in [3.05, 3.63) is 23.9 Å². The molecule has 1 N–H and O–H groups in total. The molecule has 0 amide bonds. The topological polar surface area (TPSA) is 48.7 Å². The summed E-state index contributed by atoms with van der Waals surface area (Å²) >= 11 is 0. The van der Waals surface area contributed by atoms with E-state index in [1.165, 1.54) is 19.3 Å². The number of rotatable bonds is 2. The second-order valence-corrected chi connectivity index (χ2v) is 4.28. The number of hydrogen-bond acceptors (Lipinski definition) is 3. The molecule has 2 atom stereocenters. The Kier molecular flexibility index (Phi) is 2.86. The van der Waals surface area contributed by atoms with Crippen LogP contribution >= 0.6 is 0 Å². The molecule has 3 nitrogen and oxygen atoms in total. The third kappa shape index (κ3) is 2.47. The van der Waals surface area contributed by atoms with E-state index in [0.29, 0.717) is 11.7 Å². The summed E-state index contributed by atoms with van der Waals surface area (Å²) in [5, 5.41) is 12.1. The fourth-order valence-corrected chi connectivity index (χ4v) is 2.12. The van der Waals surface area contributed by atoms with Crippen LogP contribution in [-0.2, 0) is 0 Å². The van der Waals surface area contributed by atoms with Crippen molar-refractivity contribution >= 4 is 5.82 Å². The van der Waals surface area contributed by atoms with Gasteiger partial charge in [0.15, 0.2) is 0 Å². The van der Waals surface area contributed by atoms with E-state index >= 15 is 0 Å². The second kappa shape index (κ2) is 4.31. The van der Waals surface area contributed by atoms with Gasteiger partial charge >= 0.3 is 0 Å². The molecule has 1 heterocycles. The minimum atomic E-state index is 0.478. The Labute approximate surface area is 90.1 Å². The third-order valence-corrected chi connectivity index (χ3v) is 2.91. The van der Waals surface area contributed by atoms with Gasteiger partial charge in [0.1, 0.15) is 17.6 Å². The Balaban J connectivity index is 2.02. The van der Waals surface area contributed by atoms with Crippen LogP contribution in [-0.4, -0.2) is 11.0 Å². The van der Waals surface area contributed by atoms with Crippen LogP contribution in [0.4, 0.5) is 5.82 Å². The molecule has 1 fully saturated rings. The highest BCUT2D eigenvalue weighted by atomic mass is 15.0. The predicted octanol–water partition coefficient (Wildman–Crippen LogP) is 2.55. The maximum Gasteiger partial charge on any atom is 0.142 e. The Bertz CT molecular complexity index is 381. The number of nitrogens with zero attached hydrogens (tertiary/aromatic N) is 2. The number of nitriles is 1. The number of nitrogens with one attached hydrogen (secondary N) is 1. The van der Waals surface area contributed by atoms with Gasteiger partial charge in [-0.1, -0.05) is 13.0 Å². The molecular weight excluding hydrogens is 186 g/mol. The highest BCUT2D eigenvalue weighted by molar-refractivity contribution is 5.39. The Morgan fingerprint density at radius 3 is 3.00 bits per heavy atom. The van der Waals surface area contributed by atoms with Crippen molar-refractivity contribution in [1.82, 2.24) is 4.98 Å². The lowest BCUT2D eigenvalue weighted by molar-refractivity contribution is 0.602. The quantitative estimate of drug-likeness (QED) is 0.800. The standard InChI is InChI=1S/C12H15N3/c1-9-5-6-10(7-9)14-12-4-2-3-11(8-13)15-12/h2-4,9-10H,5-7H2,1H3,(H,14,15). The van der Waals surface area contributed by atoms with Crippen molar-refractivity contribution in [1.29, 1.82) is 5.26 Å². The Hall–Kier alpha value is -1.56. The molecule has 1 aromatic rings. The molecule has 0 aromatic carbocycles. The normalized spacial score (nSPS) is 24.8. The predicted molar refractivity (Wildman–Crippen MR) is 59.4 cm³/mol. The third-order valence-electron chi connectivity index (χ3n) is 2.91. The maximum absolute atomic E-state index is 8.72. The first kappa shape index (κ1) is 9.97. The highest BCUT2D eigenvalue weighted by Crippen LogP contribution is 2.26. The first-order valence-electron chi connectivity index (χ1n) is 5.41. The van der Waals surface area contributed by atoms with Crippen LogP contribution in [0.2, 0.25) is 0 Å². The zero-order chi connectivity index (χ0) is 10.7. The van der Waals surface area contributed by atoms with Crippen LogP contribution < -0.4 is 5.32 Å². The van der Waals surface area contributed by atoms with E-state index in [1.807, 2.05) is 18.2 Å². The van der Waals surface area contributed by atoms with Gasteiger partial charge in [-0.3, -0.25) is 0 Å². The van der Waals surface area contributed by atoms with Gasteiger partial charge in [-0.25, -0.2) is 4.98 Å². The minimum Gasteiger partial charge on any atom is -0.367 e. The van der Waals surface area contributed by atoms with Gasteiger partial charge in [0.2, 0.25) is 0 Å². The fourth-order valence-electron chi connectivity index (χ4n) is 2.12. The average Bonchev–Trinajstić information content (AvgIpc) is 2.64. The molecule has 2 rings (SSSR count). The molecule has 0 radical (unpaired) electrons. The van der Waals surface area contributed by atoms with E-state index in [4.69, 9.17) is 5.26 Å². The maximum atomic E-state index is 8.72. The Morgan fingerprint density at radius 1 is 1.47 bits per heavy atom. The highest BCUT2D eigenvalue weighted by Gasteiger charge is 2.21. The van der Waals surface area contributed by atoms with E-state index in [9.17, 15) is 0 Å². The largest absolute Gasteiger partial charge is 0.367 e. The fraction of sp³-hybridized carbons (Fsp3) is 0.500. The number of aromatic nitrogens is 1. The molecule has 1 saturated carbocycles. The number of hydrogen-bond donors (Lipinski definition) is 1. The molecule has 3 heteroatoms. The smallest absolute Gasteiger partial charge is 0.142 e. The summed E-state index contributed by atoms with van der Waals surface area (Å²) in [4.78, 5) is 4.21. The first-order valence-corrected chi connectivity index (χ1v) is 5.41. The van der Waals surface area contributed by atoms with Crippen LogP contribution in [0.1, 0.15) is 31.9 Å². The van der Waals surface area contributed by atoms with E-state index in [1.54, 1.807) is 6.07 Å². The van der Waals surface area contributed by atoms with Crippen molar-refractivity contribution < 1.29 is 0 Å². The Morgan fingerprint density at radius 2 is 2.33 bits per heavy atom. The summed E-state index contributed by atoms with van der Waals surface area (Å²) in [5.41, 5.74) is 0.478. The zero-order valence-electron chi connectivity index (χ0n) is 8.90. The van der Waals surface area contributed by atoms with Crippen LogP contribution in [0.25, 0.3) is 0 Å². The van der Waals surface area contributed by atoms with Crippen LogP contribution in [0.3, 0.4) is 0 Å². The molecule has 1 aromatic heterocycles. The number of anilines is 1. The molecular formula is C12H15N3. The average molecular weight is 201 g/mol. The van der Waals surface area contributed by atoms with Crippen molar-refractivity contribution in [3.8, 4) is 6.07 Å². The number of pyridine rings is 1. The molecule has 15 heavy (non-hydrogen) atoms. The van der Waals surface area contributed by atoms with Crippen LogP contribution in [0.15, 0.2) is 18.2 Å². The lowest BCUT2D eigenvalue weighted by Crippen LogP contribution is -2.16. The lowest BCUT2D eigenvalue weighted by Gasteiger charge is -2.12. The van der Waals surface area contributed by atoms with Crippen LogP contribution in [0.5, 0.6) is 0 Å². The van der Waals surface area contributed by atoms with Gasteiger partial charge in [-0.2, -0.15) is 5.26 Å². The molecule has 0 spiro atoms. The van der Waals surface area contributed by atoms with Gasteiger partial charge in [-0.15, -0.1) is 0 Å². The molecule has 2 unspecified atom stereocenters. The summed E-state index contributed by atoms with van der Waals surface area (Å²) in [6.45, 7) is 2.28. The SMILES string of the molecule is CC1CCC(Nc2cccc(C#N)n2)C1. The summed E-state index contributed by atoms with van der Waals surface area (Å²) in [6.07, 6.45) is 3.70.